The van der Waals surface area contributed by atoms with E-state index in [9.17, 15) is 5.11 Å². The van der Waals surface area contributed by atoms with Crippen LogP contribution >= 0.6 is 11.3 Å². The zero-order chi connectivity index (χ0) is 13.1. The first-order valence-electron chi connectivity index (χ1n) is 6.54. The Hall–Kier alpha value is -1.23. The van der Waals surface area contributed by atoms with E-state index in [-0.39, 0.29) is 12.0 Å². The summed E-state index contributed by atoms with van der Waals surface area (Å²) in [4.78, 5) is 5.49. The topological polar surface area (TPSA) is 42.4 Å². The van der Waals surface area contributed by atoms with Gasteiger partial charge in [0.2, 0.25) is 0 Å². The molecular weight excluding hydrogens is 258 g/mol. The zero-order valence-electron chi connectivity index (χ0n) is 10.7. The summed E-state index contributed by atoms with van der Waals surface area (Å²) in [6, 6.07) is 10.5. The van der Waals surface area contributed by atoms with Gasteiger partial charge in [-0.25, -0.2) is 4.98 Å². The SMILES string of the molecule is OCc1cnc(C2(c3ccccc3)CCOCC2)s1. The minimum atomic E-state index is -0.0441. The molecule has 3 nitrogen and oxygen atoms in total. The molecule has 0 bridgehead atoms. The summed E-state index contributed by atoms with van der Waals surface area (Å²) < 4.78 is 5.53. The molecule has 0 radical (unpaired) electrons. The molecule has 2 heterocycles. The molecule has 0 spiro atoms. The molecule has 1 aromatic heterocycles. The van der Waals surface area contributed by atoms with Gasteiger partial charge in [0, 0.05) is 19.4 Å². The first-order chi connectivity index (χ1) is 9.35. The Morgan fingerprint density at radius 3 is 2.58 bits per heavy atom. The molecule has 4 heteroatoms. The molecule has 1 aliphatic heterocycles. The van der Waals surface area contributed by atoms with E-state index in [4.69, 9.17) is 4.74 Å². The summed E-state index contributed by atoms with van der Waals surface area (Å²) >= 11 is 1.62. The van der Waals surface area contributed by atoms with Gasteiger partial charge in [0.05, 0.1) is 16.9 Å². The quantitative estimate of drug-likeness (QED) is 0.936. The first-order valence-corrected chi connectivity index (χ1v) is 7.36. The molecule has 0 saturated carbocycles. The zero-order valence-corrected chi connectivity index (χ0v) is 11.5. The third kappa shape index (κ3) is 2.31. The predicted octanol–water partition coefficient (Wildman–Crippen LogP) is 2.73. The van der Waals surface area contributed by atoms with Crippen molar-refractivity contribution in [3.05, 3.63) is 52.0 Å². The molecule has 0 amide bonds. The molecule has 1 fully saturated rings. The van der Waals surface area contributed by atoms with Crippen LogP contribution in [0.2, 0.25) is 0 Å². The van der Waals surface area contributed by atoms with Crippen molar-refractivity contribution in [2.45, 2.75) is 24.9 Å². The molecule has 100 valence electrons. The van der Waals surface area contributed by atoms with Crippen molar-refractivity contribution in [1.82, 2.24) is 4.98 Å². The lowest BCUT2D eigenvalue weighted by atomic mass is 9.75. The maximum atomic E-state index is 9.25. The largest absolute Gasteiger partial charge is 0.391 e. The van der Waals surface area contributed by atoms with Crippen molar-refractivity contribution in [2.75, 3.05) is 13.2 Å². The van der Waals surface area contributed by atoms with Crippen molar-refractivity contribution in [1.29, 1.82) is 0 Å². The van der Waals surface area contributed by atoms with E-state index < -0.39 is 0 Å². The molecule has 0 atom stereocenters. The minimum Gasteiger partial charge on any atom is -0.391 e. The third-order valence-corrected chi connectivity index (χ3v) is 4.98. The molecule has 0 aliphatic carbocycles. The van der Waals surface area contributed by atoms with Crippen molar-refractivity contribution in [3.63, 3.8) is 0 Å². The second-order valence-electron chi connectivity index (χ2n) is 4.85. The van der Waals surface area contributed by atoms with Crippen molar-refractivity contribution >= 4 is 11.3 Å². The van der Waals surface area contributed by atoms with Gasteiger partial charge in [-0.05, 0) is 18.4 Å². The molecule has 1 N–H and O–H groups in total. The molecule has 1 saturated heterocycles. The van der Waals surface area contributed by atoms with Gasteiger partial charge < -0.3 is 9.84 Å². The van der Waals surface area contributed by atoms with Gasteiger partial charge in [0.15, 0.2) is 0 Å². The van der Waals surface area contributed by atoms with E-state index in [1.54, 1.807) is 17.5 Å². The van der Waals surface area contributed by atoms with Crippen LogP contribution in [-0.2, 0) is 16.8 Å². The molecule has 1 aromatic carbocycles. The molecule has 2 aromatic rings. The summed E-state index contributed by atoms with van der Waals surface area (Å²) in [5.41, 5.74) is 1.26. The monoisotopic (exact) mass is 275 g/mol. The fourth-order valence-electron chi connectivity index (χ4n) is 2.70. The Morgan fingerprint density at radius 2 is 1.95 bits per heavy atom. The normalized spacial score (nSPS) is 18.4. The molecule has 1 aliphatic rings. The van der Waals surface area contributed by atoms with E-state index >= 15 is 0 Å². The Morgan fingerprint density at radius 1 is 1.21 bits per heavy atom. The number of aromatic nitrogens is 1. The molecule has 0 unspecified atom stereocenters. The average Bonchev–Trinajstić information content (AvgIpc) is 2.98. The van der Waals surface area contributed by atoms with E-state index in [0.717, 1.165) is 35.9 Å². The minimum absolute atomic E-state index is 0.0441. The third-order valence-electron chi connectivity index (χ3n) is 3.79. The van der Waals surface area contributed by atoms with Gasteiger partial charge in [-0.1, -0.05) is 30.3 Å². The van der Waals surface area contributed by atoms with Crippen LogP contribution in [-0.4, -0.2) is 23.3 Å². The summed E-state index contributed by atoms with van der Waals surface area (Å²) in [6.07, 6.45) is 3.70. The number of aliphatic hydroxyl groups is 1. The summed E-state index contributed by atoms with van der Waals surface area (Å²) in [6.45, 7) is 1.60. The highest BCUT2D eigenvalue weighted by molar-refractivity contribution is 7.11. The van der Waals surface area contributed by atoms with Gasteiger partial charge >= 0.3 is 0 Å². The number of aliphatic hydroxyl groups excluding tert-OH is 1. The van der Waals surface area contributed by atoms with Gasteiger partial charge in [-0.2, -0.15) is 0 Å². The predicted molar refractivity (Wildman–Crippen MR) is 75.3 cm³/mol. The van der Waals surface area contributed by atoms with E-state index in [1.807, 2.05) is 6.07 Å². The van der Waals surface area contributed by atoms with Crippen LogP contribution in [0.4, 0.5) is 0 Å². The Labute approximate surface area is 116 Å². The van der Waals surface area contributed by atoms with Crippen LogP contribution in [0.5, 0.6) is 0 Å². The molecule has 19 heavy (non-hydrogen) atoms. The highest BCUT2D eigenvalue weighted by Gasteiger charge is 2.38. The van der Waals surface area contributed by atoms with Gasteiger partial charge in [-0.3, -0.25) is 0 Å². The van der Waals surface area contributed by atoms with E-state index in [0.29, 0.717) is 0 Å². The maximum absolute atomic E-state index is 9.25. The summed E-state index contributed by atoms with van der Waals surface area (Å²) in [5.74, 6) is 0. The number of benzene rings is 1. The number of hydrogen-bond acceptors (Lipinski definition) is 4. The van der Waals surface area contributed by atoms with Gasteiger partial charge in [-0.15, -0.1) is 11.3 Å². The lowest BCUT2D eigenvalue weighted by Gasteiger charge is -2.36. The van der Waals surface area contributed by atoms with E-state index in [2.05, 4.69) is 29.2 Å². The summed E-state index contributed by atoms with van der Waals surface area (Å²) in [5, 5.41) is 10.4. The highest BCUT2D eigenvalue weighted by atomic mass is 32.1. The van der Waals surface area contributed by atoms with Crippen molar-refractivity contribution in [2.24, 2.45) is 0 Å². The van der Waals surface area contributed by atoms with Crippen LogP contribution in [0.25, 0.3) is 0 Å². The van der Waals surface area contributed by atoms with Gasteiger partial charge in [0.1, 0.15) is 5.01 Å². The summed E-state index contributed by atoms with van der Waals surface area (Å²) in [7, 11) is 0. The molecule has 3 rings (SSSR count). The lowest BCUT2D eigenvalue weighted by Crippen LogP contribution is -2.34. The smallest absolute Gasteiger partial charge is 0.104 e. The number of thiazole rings is 1. The van der Waals surface area contributed by atoms with Crippen LogP contribution in [0.15, 0.2) is 36.5 Å². The lowest BCUT2D eigenvalue weighted by molar-refractivity contribution is 0.0630. The van der Waals surface area contributed by atoms with Crippen molar-refractivity contribution in [3.8, 4) is 0 Å². The van der Waals surface area contributed by atoms with Gasteiger partial charge in [0.25, 0.3) is 0 Å². The Bertz CT molecular complexity index is 532. The standard InChI is InChI=1S/C15H17NO2S/c17-11-13-10-16-14(19-13)15(6-8-18-9-7-15)12-4-2-1-3-5-12/h1-5,10,17H,6-9,11H2. The first kappa shape index (κ1) is 12.8. The van der Waals surface area contributed by atoms with Crippen LogP contribution in [0.1, 0.15) is 28.3 Å². The Kier molecular flexibility index (Phi) is 3.64. The Balaban J connectivity index is 2.06. The second kappa shape index (κ2) is 5.41. The number of hydrogen-bond donors (Lipinski definition) is 1. The highest BCUT2D eigenvalue weighted by Crippen LogP contribution is 2.42. The maximum Gasteiger partial charge on any atom is 0.104 e. The van der Waals surface area contributed by atoms with Crippen molar-refractivity contribution < 1.29 is 9.84 Å². The fourth-order valence-corrected chi connectivity index (χ4v) is 3.75. The van der Waals surface area contributed by atoms with E-state index in [1.165, 1.54) is 5.56 Å². The fraction of sp³-hybridized carbons (Fsp3) is 0.400. The number of nitrogens with zero attached hydrogens (tertiary/aromatic N) is 1. The van der Waals surface area contributed by atoms with Crippen LogP contribution < -0.4 is 0 Å². The average molecular weight is 275 g/mol. The number of rotatable bonds is 3. The second-order valence-corrected chi connectivity index (χ2v) is 5.97. The molecular formula is C15H17NO2S. The van der Waals surface area contributed by atoms with Crippen LogP contribution in [0, 0.1) is 0 Å². The number of ether oxygens (including phenoxy) is 1. The van der Waals surface area contributed by atoms with Crippen LogP contribution in [0.3, 0.4) is 0 Å².